The van der Waals surface area contributed by atoms with Crippen molar-refractivity contribution < 1.29 is 41.9 Å². The lowest BCUT2D eigenvalue weighted by molar-refractivity contribution is -0.154. The lowest BCUT2D eigenvalue weighted by Crippen LogP contribution is -2.55. The maximum absolute atomic E-state index is 13.3. The summed E-state index contributed by atoms with van der Waals surface area (Å²) in [6.07, 6.45) is -1.24. The van der Waals surface area contributed by atoms with E-state index in [0.29, 0.717) is 11.5 Å². The van der Waals surface area contributed by atoms with Crippen LogP contribution >= 0.6 is 0 Å². The zero-order valence-corrected chi connectivity index (χ0v) is 40.1. The molecule has 298 valence electrons. The Morgan fingerprint density at radius 1 is 0.731 bits per heavy atom. The van der Waals surface area contributed by atoms with E-state index < -0.39 is 69.6 Å². The first-order chi connectivity index (χ1) is 23.0. The molecule has 0 aliphatic carbocycles. The molecule has 0 amide bonds. The van der Waals surface area contributed by atoms with E-state index in [2.05, 4.69) is 135 Å². The Morgan fingerprint density at radius 3 is 1.63 bits per heavy atom. The second-order valence-corrected chi connectivity index (χ2v) is 39.5. The van der Waals surface area contributed by atoms with Crippen molar-refractivity contribution >= 4 is 51.3 Å². The van der Waals surface area contributed by atoms with Crippen LogP contribution in [0.5, 0.6) is 11.5 Å². The summed E-state index contributed by atoms with van der Waals surface area (Å²) in [6.45, 7) is 42.5. The van der Waals surface area contributed by atoms with Gasteiger partial charge in [-0.2, -0.15) is 0 Å². The Hall–Kier alpha value is -1.75. The summed E-state index contributed by atoms with van der Waals surface area (Å²) < 4.78 is 38.0. The van der Waals surface area contributed by atoms with Crippen LogP contribution < -0.4 is 8.85 Å². The third kappa shape index (κ3) is 11.4. The van der Waals surface area contributed by atoms with Crippen molar-refractivity contribution in [1.82, 2.24) is 0 Å². The first kappa shape index (κ1) is 46.4. The summed E-state index contributed by atoms with van der Waals surface area (Å²) in [5.74, 6) is 0.150. The lowest BCUT2D eigenvalue weighted by atomic mass is 10.1. The van der Waals surface area contributed by atoms with Crippen LogP contribution in [-0.4, -0.2) is 81.3 Å². The summed E-state index contributed by atoms with van der Waals surface area (Å²) in [5.41, 5.74) is 0.743. The summed E-state index contributed by atoms with van der Waals surface area (Å²) in [6, 6.07) is 5.71. The standard InChI is InChI=1S/C39H72O9Si4/c1-36(2,3)49(13,14)45-29-23-21-27(25-30(29)46-50(15,16)37(4,5)6)22-24-31(41)43-26-28(40)32-33(47-51(17,18)38(7,8)9)34(35(42)44-32)48-52(19,20)39(10,11)12/h21-25,28,32-34,40H,26H2,1-20H3/b24-22+/t28-,32-,33+,34-/m1/s1. The van der Waals surface area contributed by atoms with E-state index >= 15 is 0 Å². The zero-order chi connectivity index (χ0) is 40.7. The van der Waals surface area contributed by atoms with E-state index in [0.717, 1.165) is 5.56 Å². The number of ether oxygens (including phenoxy) is 2. The second-order valence-electron chi connectivity index (χ2n) is 20.5. The van der Waals surface area contributed by atoms with Crippen molar-refractivity contribution in [1.29, 1.82) is 0 Å². The molecule has 0 aromatic heterocycles. The van der Waals surface area contributed by atoms with E-state index in [-0.39, 0.29) is 26.8 Å². The molecule has 0 unspecified atom stereocenters. The smallest absolute Gasteiger partial charge is 0.337 e. The van der Waals surface area contributed by atoms with E-state index in [1.165, 1.54) is 6.08 Å². The Morgan fingerprint density at radius 2 is 1.17 bits per heavy atom. The van der Waals surface area contributed by atoms with Crippen LogP contribution in [0.15, 0.2) is 24.3 Å². The van der Waals surface area contributed by atoms with E-state index in [9.17, 15) is 14.7 Å². The molecule has 1 aromatic carbocycles. The number of esters is 2. The van der Waals surface area contributed by atoms with Crippen molar-refractivity contribution in [3.63, 3.8) is 0 Å². The molecule has 4 atom stereocenters. The molecule has 13 heteroatoms. The van der Waals surface area contributed by atoms with Crippen LogP contribution in [0.25, 0.3) is 6.08 Å². The number of cyclic esters (lactones) is 1. The normalized spacial score (nSPS) is 20.6. The minimum atomic E-state index is -2.44. The van der Waals surface area contributed by atoms with Gasteiger partial charge in [0.1, 0.15) is 30.3 Å². The molecule has 1 saturated heterocycles. The average Bonchev–Trinajstić information content (AvgIpc) is 3.22. The van der Waals surface area contributed by atoms with Gasteiger partial charge in [-0.3, -0.25) is 0 Å². The summed E-state index contributed by atoms with van der Waals surface area (Å²) in [4.78, 5) is 26.3. The van der Waals surface area contributed by atoms with Gasteiger partial charge in [0.25, 0.3) is 16.6 Å². The Bertz CT molecular complexity index is 1440. The van der Waals surface area contributed by atoms with Gasteiger partial charge in [0, 0.05) is 6.08 Å². The van der Waals surface area contributed by atoms with Gasteiger partial charge in [0.2, 0.25) is 0 Å². The van der Waals surface area contributed by atoms with Crippen molar-refractivity contribution in [2.24, 2.45) is 0 Å². The fourth-order valence-corrected chi connectivity index (χ4v) is 8.80. The summed E-state index contributed by atoms with van der Waals surface area (Å²) >= 11 is 0. The van der Waals surface area contributed by atoms with Crippen molar-refractivity contribution in [2.45, 2.75) is 180 Å². The zero-order valence-electron chi connectivity index (χ0n) is 36.1. The molecular formula is C39H72O9Si4. The Kier molecular flexibility index (Phi) is 14.1. The molecule has 9 nitrogen and oxygen atoms in total. The molecule has 0 radical (unpaired) electrons. The molecule has 1 aliphatic heterocycles. The molecule has 0 saturated carbocycles. The first-order valence-corrected chi connectivity index (χ1v) is 30.3. The van der Waals surface area contributed by atoms with E-state index in [1.807, 2.05) is 18.2 Å². The van der Waals surface area contributed by atoms with Crippen molar-refractivity contribution in [2.75, 3.05) is 6.61 Å². The predicted molar refractivity (Wildman–Crippen MR) is 222 cm³/mol. The van der Waals surface area contributed by atoms with Gasteiger partial charge in [-0.1, -0.05) is 89.2 Å². The number of hydrogen-bond acceptors (Lipinski definition) is 9. The first-order valence-electron chi connectivity index (χ1n) is 18.6. The number of rotatable bonds is 13. The van der Waals surface area contributed by atoms with Gasteiger partial charge in [0.05, 0.1) is 0 Å². The van der Waals surface area contributed by atoms with Gasteiger partial charge in [-0.05, 0) is 96.3 Å². The molecule has 1 fully saturated rings. The summed E-state index contributed by atoms with van der Waals surface area (Å²) in [5, 5.41) is 11.0. The number of carbonyl (C=O) groups is 2. The number of aliphatic hydroxyl groups is 1. The molecule has 1 heterocycles. The number of aliphatic hydroxyl groups excluding tert-OH is 1. The minimum Gasteiger partial charge on any atom is -0.541 e. The van der Waals surface area contributed by atoms with Gasteiger partial charge in [0.15, 0.2) is 28.8 Å². The molecule has 0 bridgehead atoms. The van der Waals surface area contributed by atoms with Gasteiger partial charge in [-0.15, -0.1) is 0 Å². The molecule has 2 rings (SSSR count). The van der Waals surface area contributed by atoms with Crippen LogP contribution in [-0.2, 0) is 27.9 Å². The largest absolute Gasteiger partial charge is 0.541 e. The second kappa shape index (κ2) is 15.8. The van der Waals surface area contributed by atoms with Gasteiger partial charge >= 0.3 is 11.9 Å². The quantitative estimate of drug-likeness (QED) is 0.119. The molecule has 1 N–H and O–H groups in total. The predicted octanol–water partition coefficient (Wildman–Crippen LogP) is 10.1. The van der Waals surface area contributed by atoms with Crippen LogP contribution in [0, 0.1) is 0 Å². The number of hydrogen-bond donors (Lipinski definition) is 1. The van der Waals surface area contributed by atoms with Crippen LogP contribution in [0.2, 0.25) is 72.5 Å². The highest BCUT2D eigenvalue weighted by atomic mass is 28.4. The maximum atomic E-state index is 13.3. The summed E-state index contributed by atoms with van der Waals surface area (Å²) in [7, 11) is -9.26. The van der Waals surface area contributed by atoms with Gasteiger partial charge in [-0.25, -0.2) is 9.59 Å². The fraction of sp³-hybridized carbons (Fsp3) is 0.744. The average molecular weight is 797 g/mol. The van der Waals surface area contributed by atoms with Crippen LogP contribution in [0.3, 0.4) is 0 Å². The van der Waals surface area contributed by atoms with Gasteiger partial charge < -0.3 is 32.3 Å². The highest BCUT2D eigenvalue weighted by molar-refractivity contribution is 6.76. The number of benzene rings is 1. The minimum absolute atomic E-state index is 0.000517. The van der Waals surface area contributed by atoms with Crippen molar-refractivity contribution in [3.8, 4) is 11.5 Å². The molecular weight excluding hydrogens is 725 g/mol. The maximum Gasteiger partial charge on any atom is 0.337 e. The molecule has 1 aliphatic rings. The van der Waals surface area contributed by atoms with Crippen molar-refractivity contribution in [3.05, 3.63) is 29.8 Å². The van der Waals surface area contributed by atoms with Crippen LogP contribution in [0.4, 0.5) is 0 Å². The lowest BCUT2D eigenvalue weighted by Gasteiger charge is -2.42. The fourth-order valence-electron chi connectivity index (χ4n) is 4.25. The highest BCUT2D eigenvalue weighted by Crippen LogP contribution is 2.45. The van der Waals surface area contributed by atoms with E-state index in [1.54, 1.807) is 6.08 Å². The van der Waals surface area contributed by atoms with E-state index in [4.69, 9.17) is 27.2 Å². The monoisotopic (exact) mass is 796 g/mol. The SMILES string of the molecule is CC(C)(C)[Si](C)(C)Oc1ccc(/C=C/C(=O)OC[C@@H](O)[C@H]2OC(=O)[C@H](O[Si](C)(C)C(C)(C)C)[C@H]2O[Si](C)(C)C(C)(C)C)cc1O[Si](C)(C)C(C)(C)C. The Balaban J connectivity index is 2.32. The third-order valence-corrected chi connectivity index (χ3v) is 29.7. The Labute approximate surface area is 320 Å². The molecule has 1 aromatic rings. The topological polar surface area (TPSA) is 110 Å². The molecule has 0 spiro atoms. The highest BCUT2D eigenvalue weighted by Gasteiger charge is 2.56. The number of carbonyl (C=O) groups excluding carboxylic acids is 2. The third-order valence-electron chi connectivity index (χ3n) is 12.1. The molecule has 52 heavy (non-hydrogen) atoms. The van der Waals surface area contributed by atoms with Crippen LogP contribution in [0.1, 0.15) is 88.6 Å².